The van der Waals surface area contributed by atoms with E-state index in [0.717, 1.165) is 28.3 Å². The highest BCUT2D eigenvalue weighted by Gasteiger charge is 2.31. The highest BCUT2D eigenvalue weighted by atomic mass is 19.4. The minimum Gasteiger partial charge on any atom is -0.406 e. The molecule has 0 spiro atoms. The zero-order valence-electron chi connectivity index (χ0n) is 16.1. The first-order valence-electron chi connectivity index (χ1n) is 9.51. The molecule has 152 valence electrons. The molecule has 1 nitrogen and oxygen atoms in total. The van der Waals surface area contributed by atoms with Crippen LogP contribution in [0.3, 0.4) is 0 Å². The van der Waals surface area contributed by atoms with Gasteiger partial charge in [-0.15, -0.1) is 13.2 Å². The van der Waals surface area contributed by atoms with Gasteiger partial charge in [0.1, 0.15) is 11.6 Å². The van der Waals surface area contributed by atoms with Crippen LogP contribution in [0.1, 0.15) is 12.5 Å². The van der Waals surface area contributed by atoms with Gasteiger partial charge in [0.15, 0.2) is 0 Å². The molecule has 0 unspecified atom stereocenters. The average Bonchev–Trinajstić information content (AvgIpc) is 2.72. The number of alkyl halides is 3. The van der Waals surface area contributed by atoms with Crippen LogP contribution in [0.25, 0.3) is 33.0 Å². The van der Waals surface area contributed by atoms with Crippen molar-refractivity contribution in [2.24, 2.45) is 0 Å². The Morgan fingerprint density at radius 3 is 1.97 bits per heavy atom. The van der Waals surface area contributed by atoms with Crippen LogP contribution in [0.15, 0.2) is 78.9 Å². The van der Waals surface area contributed by atoms with Crippen LogP contribution >= 0.6 is 0 Å². The third kappa shape index (κ3) is 4.30. The summed E-state index contributed by atoms with van der Waals surface area (Å²) in [5.74, 6) is -0.788. The van der Waals surface area contributed by atoms with Crippen LogP contribution in [0.5, 0.6) is 5.75 Å². The molecule has 30 heavy (non-hydrogen) atoms. The largest absolute Gasteiger partial charge is 0.573 e. The Bertz CT molecular complexity index is 1190. The van der Waals surface area contributed by atoms with Gasteiger partial charge in [-0.25, -0.2) is 4.39 Å². The minimum absolute atomic E-state index is 0.311. The van der Waals surface area contributed by atoms with Crippen LogP contribution in [-0.4, -0.2) is 6.36 Å². The molecule has 4 aromatic carbocycles. The fourth-order valence-corrected chi connectivity index (χ4v) is 3.46. The molecular weight excluding hydrogens is 392 g/mol. The van der Waals surface area contributed by atoms with Crippen LogP contribution < -0.4 is 4.74 Å². The van der Waals surface area contributed by atoms with Crippen LogP contribution in [-0.2, 0) is 6.42 Å². The van der Waals surface area contributed by atoms with Gasteiger partial charge in [0, 0.05) is 5.56 Å². The van der Waals surface area contributed by atoms with Crippen molar-refractivity contribution < 1.29 is 22.3 Å². The Kier molecular flexibility index (Phi) is 5.20. The van der Waals surface area contributed by atoms with Gasteiger partial charge in [-0.2, -0.15) is 0 Å². The summed E-state index contributed by atoms with van der Waals surface area (Å²) in [5.41, 5.74) is 3.67. The first kappa shape index (κ1) is 20.0. The van der Waals surface area contributed by atoms with E-state index < -0.39 is 12.2 Å². The van der Waals surface area contributed by atoms with Gasteiger partial charge in [0.2, 0.25) is 0 Å². The molecule has 0 N–H and O–H groups in total. The molecule has 5 heteroatoms. The normalized spacial score (nSPS) is 11.6. The van der Waals surface area contributed by atoms with E-state index in [4.69, 9.17) is 0 Å². The van der Waals surface area contributed by atoms with E-state index in [2.05, 4.69) is 29.9 Å². The highest BCUT2D eigenvalue weighted by molar-refractivity contribution is 5.88. The van der Waals surface area contributed by atoms with Crippen LogP contribution in [0.2, 0.25) is 0 Å². The van der Waals surface area contributed by atoms with E-state index in [1.54, 1.807) is 12.1 Å². The molecule has 0 aliphatic carbocycles. The van der Waals surface area contributed by atoms with Crippen molar-refractivity contribution >= 4 is 10.8 Å². The zero-order valence-corrected chi connectivity index (χ0v) is 16.1. The molecule has 0 bridgehead atoms. The number of benzene rings is 4. The molecule has 0 amide bonds. The van der Waals surface area contributed by atoms with Crippen molar-refractivity contribution in [2.75, 3.05) is 0 Å². The maximum atomic E-state index is 14.8. The monoisotopic (exact) mass is 410 g/mol. The molecule has 0 heterocycles. The maximum absolute atomic E-state index is 14.8. The van der Waals surface area contributed by atoms with Crippen molar-refractivity contribution in [1.82, 2.24) is 0 Å². The second-order valence-corrected chi connectivity index (χ2v) is 7.02. The number of fused-ring (bicyclic) bond motifs is 1. The standard InChI is InChI=1S/C25H18F4O/c1-2-16-3-4-19-14-20(6-5-18(19)13-16)21-9-12-23(24(26)15-21)17-7-10-22(11-8-17)30-25(27,28)29/h3-15H,2H2,1H3. The van der Waals surface area contributed by atoms with Crippen LogP contribution in [0.4, 0.5) is 17.6 Å². The lowest BCUT2D eigenvalue weighted by molar-refractivity contribution is -0.274. The highest BCUT2D eigenvalue weighted by Crippen LogP contribution is 2.31. The summed E-state index contributed by atoms with van der Waals surface area (Å²) in [4.78, 5) is 0. The topological polar surface area (TPSA) is 9.23 Å². The molecule has 0 saturated carbocycles. The lowest BCUT2D eigenvalue weighted by atomic mass is 9.97. The number of rotatable bonds is 4. The molecule has 0 aliphatic rings. The van der Waals surface area contributed by atoms with Gasteiger partial charge < -0.3 is 4.74 Å². The van der Waals surface area contributed by atoms with Crippen molar-refractivity contribution in [3.8, 4) is 28.0 Å². The third-order valence-electron chi connectivity index (χ3n) is 5.01. The van der Waals surface area contributed by atoms with Gasteiger partial charge >= 0.3 is 6.36 Å². The number of hydrogen-bond acceptors (Lipinski definition) is 1. The van der Waals surface area contributed by atoms with E-state index in [1.165, 1.54) is 35.9 Å². The predicted octanol–water partition coefficient (Wildman–Crippen LogP) is 7.77. The summed E-state index contributed by atoms with van der Waals surface area (Å²) in [5, 5.41) is 2.21. The SMILES string of the molecule is CCc1ccc2cc(-c3ccc(-c4ccc(OC(F)(F)F)cc4)c(F)c3)ccc2c1. The van der Waals surface area contributed by atoms with Gasteiger partial charge in [0.25, 0.3) is 0 Å². The molecule has 0 atom stereocenters. The fourth-order valence-electron chi connectivity index (χ4n) is 3.46. The summed E-state index contributed by atoms with van der Waals surface area (Å²) in [6, 6.07) is 22.3. The number of ether oxygens (including phenoxy) is 1. The van der Waals surface area contributed by atoms with Gasteiger partial charge in [-0.3, -0.25) is 0 Å². The zero-order chi connectivity index (χ0) is 21.3. The third-order valence-corrected chi connectivity index (χ3v) is 5.01. The Balaban J connectivity index is 1.62. The Morgan fingerprint density at radius 2 is 1.30 bits per heavy atom. The lowest BCUT2D eigenvalue weighted by Crippen LogP contribution is -2.16. The Morgan fingerprint density at radius 1 is 0.700 bits per heavy atom. The Labute approximate surface area is 171 Å². The fraction of sp³-hybridized carbons (Fsp3) is 0.120. The van der Waals surface area contributed by atoms with E-state index in [9.17, 15) is 17.6 Å². The molecular formula is C25H18F4O. The summed E-state index contributed by atoms with van der Waals surface area (Å²) in [7, 11) is 0. The van der Waals surface area contributed by atoms with Gasteiger partial charge in [0.05, 0.1) is 0 Å². The van der Waals surface area contributed by atoms with E-state index >= 15 is 0 Å². The molecule has 0 aliphatic heterocycles. The smallest absolute Gasteiger partial charge is 0.406 e. The molecule has 0 fully saturated rings. The maximum Gasteiger partial charge on any atom is 0.573 e. The van der Waals surface area contributed by atoms with E-state index in [-0.39, 0.29) is 5.75 Å². The Hall–Kier alpha value is -3.34. The molecule has 4 rings (SSSR count). The summed E-state index contributed by atoms with van der Waals surface area (Å²) in [6.07, 6.45) is -3.79. The van der Waals surface area contributed by atoms with Crippen LogP contribution in [0, 0.1) is 5.82 Å². The molecule has 0 aromatic heterocycles. The second kappa shape index (κ2) is 7.82. The average molecular weight is 410 g/mol. The van der Waals surface area contributed by atoms with Crippen molar-refractivity contribution in [3.63, 3.8) is 0 Å². The van der Waals surface area contributed by atoms with E-state index in [0.29, 0.717) is 11.1 Å². The predicted molar refractivity (Wildman–Crippen MR) is 111 cm³/mol. The van der Waals surface area contributed by atoms with Crippen molar-refractivity contribution in [3.05, 3.63) is 90.2 Å². The first-order chi connectivity index (χ1) is 14.3. The molecule has 4 aromatic rings. The molecule has 0 radical (unpaired) electrons. The number of halogens is 4. The first-order valence-corrected chi connectivity index (χ1v) is 9.51. The van der Waals surface area contributed by atoms with Gasteiger partial charge in [-0.05, 0) is 63.7 Å². The quantitative estimate of drug-likeness (QED) is 0.312. The summed E-state index contributed by atoms with van der Waals surface area (Å²) < 4.78 is 55.5. The lowest BCUT2D eigenvalue weighted by Gasteiger charge is -2.11. The van der Waals surface area contributed by atoms with Crippen molar-refractivity contribution in [1.29, 1.82) is 0 Å². The number of hydrogen-bond donors (Lipinski definition) is 0. The summed E-state index contributed by atoms with van der Waals surface area (Å²) in [6.45, 7) is 2.11. The van der Waals surface area contributed by atoms with E-state index in [1.807, 2.05) is 18.2 Å². The number of aryl methyl sites for hydroxylation is 1. The summed E-state index contributed by atoms with van der Waals surface area (Å²) >= 11 is 0. The van der Waals surface area contributed by atoms with Gasteiger partial charge in [-0.1, -0.05) is 61.5 Å². The van der Waals surface area contributed by atoms with Crippen molar-refractivity contribution in [2.45, 2.75) is 19.7 Å². The minimum atomic E-state index is -4.76. The molecule has 0 saturated heterocycles. The second-order valence-electron chi connectivity index (χ2n) is 7.02.